The maximum atomic E-state index is 13.0. The van der Waals surface area contributed by atoms with Crippen molar-refractivity contribution < 1.29 is 4.39 Å². The number of hydrogen-bond donors (Lipinski definition) is 2. The van der Waals surface area contributed by atoms with Gasteiger partial charge in [0.25, 0.3) is 0 Å². The van der Waals surface area contributed by atoms with Gasteiger partial charge < -0.3 is 15.6 Å². The van der Waals surface area contributed by atoms with Crippen LogP contribution < -0.4 is 11.1 Å². The molecule has 0 radical (unpaired) electrons. The van der Waals surface area contributed by atoms with Crippen LogP contribution in [-0.2, 0) is 12.1 Å². The first kappa shape index (κ1) is 20.0. The Morgan fingerprint density at radius 1 is 1.23 bits per heavy atom. The molecule has 0 spiro atoms. The first-order valence-electron chi connectivity index (χ1n) is 10.7. The number of alkyl halides is 1. The molecular weight excluding hydrogens is 395 g/mol. The number of pyridine rings is 1. The quantitative estimate of drug-likeness (QED) is 0.513. The van der Waals surface area contributed by atoms with E-state index in [1.807, 2.05) is 53.6 Å². The molecule has 1 saturated carbocycles. The Kier molecular flexibility index (Phi) is 4.94. The molecule has 0 saturated heterocycles. The average molecular weight is 423 g/mol. The number of halogens is 1. The molecule has 31 heavy (non-hydrogen) atoms. The Morgan fingerprint density at radius 3 is 2.77 bits per heavy atom. The number of aromatic nitrogens is 6. The van der Waals surface area contributed by atoms with Crippen molar-refractivity contribution in [2.24, 2.45) is 5.73 Å². The molecule has 1 aliphatic carbocycles. The summed E-state index contributed by atoms with van der Waals surface area (Å²) in [5.74, 6) is 1.44. The van der Waals surface area contributed by atoms with Gasteiger partial charge in [0.15, 0.2) is 11.5 Å². The molecule has 0 amide bonds. The van der Waals surface area contributed by atoms with Gasteiger partial charge in [0.1, 0.15) is 18.0 Å². The van der Waals surface area contributed by atoms with E-state index in [1.54, 1.807) is 0 Å². The van der Waals surface area contributed by atoms with Gasteiger partial charge in [-0.05, 0) is 57.9 Å². The van der Waals surface area contributed by atoms with Crippen molar-refractivity contribution in [2.75, 3.05) is 13.7 Å². The van der Waals surface area contributed by atoms with E-state index in [1.165, 1.54) is 0 Å². The number of nitrogens with one attached hydrogen (secondary N) is 1. The molecule has 0 atom stereocenters. The minimum absolute atomic E-state index is 0.245. The van der Waals surface area contributed by atoms with Gasteiger partial charge in [-0.15, -0.1) is 0 Å². The third-order valence-corrected chi connectivity index (χ3v) is 6.52. The SMILES string of the molecule is CNC1CCC(N)(c2ncc3c(-c4ccc5nc(C)n(CCF)c5n4)ccn3n2)CC1. The highest BCUT2D eigenvalue weighted by Gasteiger charge is 2.35. The van der Waals surface area contributed by atoms with Crippen LogP contribution in [0.2, 0.25) is 0 Å². The lowest BCUT2D eigenvalue weighted by atomic mass is 9.79. The third kappa shape index (κ3) is 3.37. The minimum Gasteiger partial charge on any atom is -0.319 e. The van der Waals surface area contributed by atoms with E-state index in [9.17, 15) is 4.39 Å². The highest BCUT2D eigenvalue weighted by Crippen LogP contribution is 2.33. The Balaban J connectivity index is 1.51. The Bertz CT molecular complexity index is 1240. The van der Waals surface area contributed by atoms with Gasteiger partial charge in [-0.2, -0.15) is 5.10 Å². The van der Waals surface area contributed by atoms with Crippen molar-refractivity contribution >= 4 is 16.7 Å². The second-order valence-electron chi connectivity index (χ2n) is 8.40. The number of nitrogens with two attached hydrogens (primary N) is 1. The summed E-state index contributed by atoms with van der Waals surface area (Å²) in [6.45, 7) is 1.65. The van der Waals surface area contributed by atoms with Crippen molar-refractivity contribution in [2.45, 2.75) is 50.7 Å². The standard InChI is InChI=1S/C22H27FN8/c1-14-27-18-4-3-17(28-20(18)30(14)12-10-23)16-7-11-31-19(16)13-26-21(29-31)22(24)8-5-15(25-2)6-9-22/h3-4,7,11,13,15,25H,5-6,8-10,12,24H2,1-2H3. The number of nitrogens with zero attached hydrogens (tertiary/aromatic N) is 6. The van der Waals surface area contributed by atoms with Gasteiger partial charge in [-0.3, -0.25) is 0 Å². The number of rotatable bonds is 5. The monoisotopic (exact) mass is 422 g/mol. The van der Waals surface area contributed by atoms with Gasteiger partial charge >= 0.3 is 0 Å². The topological polar surface area (TPSA) is 98.9 Å². The molecule has 4 heterocycles. The molecule has 5 rings (SSSR count). The summed E-state index contributed by atoms with van der Waals surface area (Å²) in [7, 11) is 2.00. The molecule has 0 aliphatic heterocycles. The number of imidazole rings is 1. The van der Waals surface area contributed by atoms with Crippen LogP contribution in [0.5, 0.6) is 0 Å². The van der Waals surface area contributed by atoms with Crippen LogP contribution in [0.25, 0.3) is 27.9 Å². The molecule has 8 nitrogen and oxygen atoms in total. The third-order valence-electron chi connectivity index (χ3n) is 6.52. The number of fused-ring (bicyclic) bond motifs is 2. The first-order valence-corrected chi connectivity index (χ1v) is 10.7. The van der Waals surface area contributed by atoms with E-state index in [2.05, 4.69) is 15.3 Å². The van der Waals surface area contributed by atoms with Crippen LogP contribution >= 0.6 is 0 Å². The number of aryl methyl sites for hydroxylation is 2. The van der Waals surface area contributed by atoms with Crippen LogP contribution in [0.15, 0.2) is 30.6 Å². The van der Waals surface area contributed by atoms with Gasteiger partial charge in [0.2, 0.25) is 0 Å². The predicted molar refractivity (Wildman–Crippen MR) is 117 cm³/mol. The van der Waals surface area contributed by atoms with Crippen molar-refractivity contribution in [1.82, 2.24) is 34.4 Å². The summed E-state index contributed by atoms with van der Waals surface area (Å²) in [5.41, 5.74) is 10.2. The van der Waals surface area contributed by atoms with Crippen LogP contribution in [0, 0.1) is 6.92 Å². The smallest absolute Gasteiger partial charge is 0.169 e. The molecule has 0 aromatic carbocycles. The first-order chi connectivity index (χ1) is 15.0. The van der Waals surface area contributed by atoms with Gasteiger partial charge in [-0.1, -0.05) is 0 Å². The molecule has 162 valence electrons. The summed E-state index contributed by atoms with van der Waals surface area (Å²) in [6.07, 6.45) is 7.48. The molecule has 4 aromatic heterocycles. The zero-order chi connectivity index (χ0) is 21.6. The van der Waals surface area contributed by atoms with Crippen molar-refractivity contribution in [3.8, 4) is 11.3 Å². The Morgan fingerprint density at radius 2 is 2.03 bits per heavy atom. The fourth-order valence-electron chi connectivity index (χ4n) is 4.61. The molecule has 1 fully saturated rings. The maximum absolute atomic E-state index is 13.0. The van der Waals surface area contributed by atoms with Crippen molar-refractivity contribution in [3.05, 3.63) is 42.2 Å². The highest BCUT2D eigenvalue weighted by molar-refractivity contribution is 5.82. The number of hydrogen-bond acceptors (Lipinski definition) is 6. The lowest BCUT2D eigenvalue weighted by Gasteiger charge is -2.35. The van der Waals surface area contributed by atoms with E-state index >= 15 is 0 Å². The largest absolute Gasteiger partial charge is 0.319 e. The average Bonchev–Trinajstić information content (AvgIpc) is 3.34. The summed E-state index contributed by atoms with van der Waals surface area (Å²) in [4.78, 5) is 13.9. The van der Waals surface area contributed by atoms with E-state index in [0.29, 0.717) is 17.5 Å². The summed E-state index contributed by atoms with van der Waals surface area (Å²) >= 11 is 0. The minimum atomic E-state index is -0.500. The normalized spacial score (nSPS) is 21.9. The van der Waals surface area contributed by atoms with Crippen LogP contribution in [-0.4, -0.2) is 48.9 Å². The van der Waals surface area contributed by atoms with E-state index < -0.39 is 12.2 Å². The summed E-state index contributed by atoms with van der Waals surface area (Å²) < 4.78 is 16.6. The second-order valence-corrected chi connectivity index (χ2v) is 8.40. The summed E-state index contributed by atoms with van der Waals surface area (Å²) in [5, 5.41) is 8.08. The lowest BCUT2D eigenvalue weighted by molar-refractivity contribution is 0.245. The van der Waals surface area contributed by atoms with Gasteiger partial charge in [-0.25, -0.2) is 23.9 Å². The Hall–Kier alpha value is -2.91. The lowest BCUT2D eigenvalue weighted by Crippen LogP contribution is -2.45. The zero-order valence-electron chi connectivity index (χ0n) is 17.8. The Labute approximate surface area is 179 Å². The van der Waals surface area contributed by atoms with Crippen LogP contribution in [0.1, 0.15) is 37.3 Å². The van der Waals surface area contributed by atoms with Crippen molar-refractivity contribution in [3.63, 3.8) is 0 Å². The van der Waals surface area contributed by atoms with Crippen molar-refractivity contribution in [1.29, 1.82) is 0 Å². The molecule has 3 N–H and O–H groups in total. The van der Waals surface area contributed by atoms with E-state index in [-0.39, 0.29) is 6.54 Å². The van der Waals surface area contributed by atoms with Crippen LogP contribution in [0.4, 0.5) is 4.39 Å². The van der Waals surface area contributed by atoms with E-state index in [0.717, 1.165) is 53.8 Å². The predicted octanol–water partition coefficient (Wildman–Crippen LogP) is 2.73. The fraction of sp³-hybridized carbons (Fsp3) is 0.455. The molecule has 9 heteroatoms. The van der Waals surface area contributed by atoms with Gasteiger partial charge in [0, 0.05) is 17.8 Å². The molecule has 0 bridgehead atoms. The molecule has 0 unspecified atom stereocenters. The molecule has 1 aliphatic rings. The maximum Gasteiger partial charge on any atom is 0.169 e. The zero-order valence-corrected chi connectivity index (χ0v) is 17.8. The molecular formula is C22H27FN8. The van der Waals surface area contributed by atoms with Gasteiger partial charge in [0.05, 0.1) is 29.5 Å². The highest BCUT2D eigenvalue weighted by atomic mass is 19.1. The van der Waals surface area contributed by atoms with Crippen LogP contribution in [0.3, 0.4) is 0 Å². The molecule has 4 aromatic rings. The fourth-order valence-corrected chi connectivity index (χ4v) is 4.61. The van der Waals surface area contributed by atoms with E-state index in [4.69, 9.17) is 15.8 Å². The summed E-state index contributed by atoms with van der Waals surface area (Å²) in [6, 6.07) is 6.34. The second kappa shape index (κ2) is 7.65.